The topological polar surface area (TPSA) is 81.4 Å². The summed E-state index contributed by atoms with van der Waals surface area (Å²) in [5.41, 5.74) is 5.75. The van der Waals surface area contributed by atoms with Crippen LogP contribution in [0.15, 0.2) is 89.1 Å². The minimum Gasteiger partial charge on any atom is -0.457 e. The molecular formula is C29H31N5O2S. The first-order valence-corrected chi connectivity index (χ1v) is 13.1. The summed E-state index contributed by atoms with van der Waals surface area (Å²) in [6.45, 7) is 9.32. The second-order valence-electron chi connectivity index (χ2n) is 9.45. The fourth-order valence-electron chi connectivity index (χ4n) is 3.64. The first-order chi connectivity index (χ1) is 17.8. The Morgan fingerprint density at radius 1 is 1.00 bits per heavy atom. The molecule has 0 aliphatic carbocycles. The summed E-state index contributed by atoms with van der Waals surface area (Å²) in [5.74, 6) is 2.20. The molecular weight excluding hydrogens is 482 g/mol. The molecule has 37 heavy (non-hydrogen) atoms. The van der Waals surface area contributed by atoms with Crippen molar-refractivity contribution in [3.8, 4) is 22.9 Å². The Morgan fingerprint density at radius 3 is 2.43 bits per heavy atom. The lowest BCUT2D eigenvalue weighted by Crippen LogP contribution is -2.20. The molecule has 4 aromatic rings. The number of rotatable bonds is 9. The van der Waals surface area contributed by atoms with Gasteiger partial charge in [-0.25, -0.2) is 5.43 Å². The normalized spacial score (nSPS) is 11.6. The van der Waals surface area contributed by atoms with Crippen LogP contribution >= 0.6 is 11.8 Å². The molecule has 3 aromatic carbocycles. The first-order valence-electron chi connectivity index (χ1n) is 12.2. The lowest BCUT2D eigenvalue weighted by Gasteiger charge is -2.19. The van der Waals surface area contributed by atoms with E-state index in [9.17, 15) is 4.79 Å². The smallest absolute Gasteiger partial charge is 0.250 e. The van der Waals surface area contributed by atoms with Gasteiger partial charge in [0, 0.05) is 12.1 Å². The summed E-state index contributed by atoms with van der Waals surface area (Å²) in [6.07, 6.45) is 1.59. The standard InChI is InChI=1S/C29H31N5O2S/c1-5-34-27(22-14-16-23(17-15-22)29(2,3)4)32-33-28(34)37-20-26(35)31-30-19-21-10-9-13-25(18-21)36-24-11-7-6-8-12-24/h6-19H,5,20H2,1-4H3,(H,31,35). The van der Waals surface area contributed by atoms with E-state index in [0.29, 0.717) is 17.5 Å². The highest BCUT2D eigenvalue weighted by Crippen LogP contribution is 2.27. The van der Waals surface area contributed by atoms with Gasteiger partial charge in [0.15, 0.2) is 11.0 Å². The van der Waals surface area contributed by atoms with Crippen LogP contribution in [-0.4, -0.2) is 32.6 Å². The molecule has 0 saturated carbocycles. The number of benzene rings is 3. The number of hydrogen-bond donors (Lipinski definition) is 1. The minimum absolute atomic E-state index is 0.0898. The Hall–Kier alpha value is -3.91. The van der Waals surface area contributed by atoms with E-state index in [1.807, 2.05) is 66.1 Å². The van der Waals surface area contributed by atoms with E-state index in [1.165, 1.54) is 17.3 Å². The molecule has 0 atom stereocenters. The second kappa shape index (κ2) is 11.9. The number of hydrazone groups is 1. The number of aromatic nitrogens is 3. The molecule has 0 bridgehead atoms. The fourth-order valence-corrected chi connectivity index (χ4v) is 4.43. The zero-order chi connectivity index (χ0) is 26.3. The first kappa shape index (κ1) is 26.2. The van der Waals surface area contributed by atoms with Crippen LogP contribution < -0.4 is 10.2 Å². The minimum atomic E-state index is -0.223. The maximum atomic E-state index is 12.4. The van der Waals surface area contributed by atoms with Gasteiger partial charge in [-0.2, -0.15) is 5.10 Å². The third-order valence-electron chi connectivity index (χ3n) is 5.61. The summed E-state index contributed by atoms with van der Waals surface area (Å²) in [5, 5.41) is 13.5. The van der Waals surface area contributed by atoms with Crippen LogP contribution in [0.1, 0.15) is 38.8 Å². The van der Waals surface area contributed by atoms with E-state index in [4.69, 9.17) is 4.74 Å². The predicted octanol–water partition coefficient (Wildman–Crippen LogP) is 6.30. The van der Waals surface area contributed by atoms with Crippen molar-refractivity contribution >= 4 is 23.9 Å². The maximum absolute atomic E-state index is 12.4. The van der Waals surface area contributed by atoms with E-state index in [1.54, 1.807) is 6.21 Å². The van der Waals surface area contributed by atoms with Gasteiger partial charge in [-0.15, -0.1) is 10.2 Å². The molecule has 190 valence electrons. The van der Waals surface area contributed by atoms with Crippen LogP contribution in [0.3, 0.4) is 0 Å². The summed E-state index contributed by atoms with van der Waals surface area (Å²) < 4.78 is 7.86. The van der Waals surface area contributed by atoms with Crippen molar-refractivity contribution in [2.75, 3.05) is 5.75 Å². The van der Waals surface area contributed by atoms with Crippen molar-refractivity contribution in [3.05, 3.63) is 90.0 Å². The van der Waals surface area contributed by atoms with Crippen LogP contribution in [-0.2, 0) is 16.8 Å². The molecule has 1 aromatic heterocycles. The number of para-hydroxylation sites is 1. The van der Waals surface area contributed by atoms with E-state index in [0.717, 1.165) is 22.7 Å². The van der Waals surface area contributed by atoms with Gasteiger partial charge < -0.3 is 9.30 Å². The van der Waals surface area contributed by atoms with Crippen molar-refractivity contribution in [1.82, 2.24) is 20.2 Å². The summed E-state index contributed by atoms with van der Waals surface area (Å²) in [7, 11) is 0. The highest BCUT2D eigenvalue weighted by Gasteiger charge is 2.17. The summed E-state index contributed by atoms with van der Waals surface area (Å²) in [6, 6.07) is 25.5. The number of hydrogen-bond acceptors (Lipinski definition) is 6. The van der Waals surface area contributed by atoms with E-state index >= 15 is 0 Å². The fraction of sp³-hybridized carbons (Fsp3) is 0.241. The van der Waals surface area contributed by atoms with Gasteiger partial charge in [0.1, 0.15) is 11.5 Å². The zero-order valence-corrected chi connectivity index (χ0v) is 22.3. The van der Waals surface area contributed by atoms with Crippen LogP contribution in [0.25, 0.3) is 11.4 Å². The van der Waals surface area contributed by atoms with Crippen LogP contribution in [0.2, 0.25) is 0 Å². The number of nitrogens with one attached hydrogen (secondary N) is 1. The average molecular weight is 514 g/mol. The van der Waals surface area contributed by atoms with Crippen LogP contribution in [0.4, 0.5) is 0 Å². The molecule has 0 fully saturated rings. The van der Waals surface area contributed by atoms with Gasteiger partial charge in [0.2, 0.25) is 0 Å². The second-order valence-corrected chi connectivity index (χ2v) is 10.4. The number of nitrogens with zero attached hydrogens (tertiary/aromatic N) is 4. The predicted molar refractivity (Wildman–Crippen MR) is 149 cm³/mol. The van der Waals surface area contributed by atoms with Crippen molar-refractivity contribution in [3.63, 3.8) is 0 Å². The van der Waals surface area contributed by atoms with Gasteiger partial charge in [0.25, 0.3) is 5.91 Å². The van der Waals surface area contributed by atoms with E-state index < -0.39 is 0 Å². The molecule has 1 amide bonds. The number of carbonyl (C=O) groups is 1. The third kappa shape index (κ3) is 7.07. The van der Waals surface area contributed by atoms with Gasteiger partial charge in [0.05, 0.1) is 12.0 Å². The number of amides is 1. The Balaban J connectivity index is 1.33. The molecule has 0 unspecified atom stereocenters. The zero-order valence-electron chi connectivity index (χ0n) is 21.5. The molecule has 4 rings (SSSR count). The Morgan fingerprint density at radius 2 is 1.73 bits per heavy atom. The van der Waals surface area contributed by atoms with E-state index in [-0.39, 0.29) is 17.1 Å². The maximum Gasteiger partial charge on any atom is 0.250 e. The van der Waals surface area contributed by atoms with Gasteiger partial charge in [-0.1, -0.05) is 87.1 Å². The number of thioether (sulfide) groups is 1. The lowest BCUT2D eigenvalue weighted by atomic mass is 9.87. The largest absolute Gasteiger partial charge is 0.457 e. The Kier molecular flexibility index (Phi) is 8.40. The molecule has 0 spiro atoms. The van der Waals surface area contributed by atoms with Gasteiger partial charge >= 0.3 is 0 Å². The molecule has 8 heteroatoms. The number of ether oxygens (including phenoxy) is 1. The summed E-state index contributed by atoms with van der Waals surface area (Å²) >= 11 is 1.34. The molecule has 7 nitrogen and oxygen atoms in total. The SMILES string of the molecule is CCn1c(SCC(=O)NN=Cc2cccc(Oc3ccccc3)c2)nnc1-c1ccc(C(C)(C)C)cc1. The van der Waals surface area contributed by atoms with E-state index in [2.05, 4.69) is 65.8 Å². The molecule has 0 saturated heterocycles. The average Bonchev–Trinajstić information content (AvgIpc) is 3.31. The van der Waals surface area contributed by atoms with Crippen molar-refractivity contribution in [1.29, 1.82) is 0 Å². The van der Waals surface area contributed by atoms with Crippen LogP contribution in [0.5, 0.6) is 11.5 Å². The molecule has 1 N–H and O–H groups in total. The Labute approximate surface area is 222 Å². The summed E-state index contributed by atoms with van der Waals surface area (Å²) in [4.78, 5) is 12.4. The third-order valence-corrected chi connectivity index (χ3v) is 6.58. The lowest BCUT2D eigenvalue weighted by molar-refractivity contribution is -0.118. The Bertz CT molecular complexity index is 1360. The van der Waals surface area contributed by atoms with Crippen molar-refractivity contribution in [2.45, 2.75) is 44.8 Å². The highest BCUT2D eigenvalue weighted by molar-refractivity contribution is 7.99. The van der Waals surface area contributed by atoms with Crippen molar-refractivity contribution < 1.29 is 9.53 Å². The quantitative estimate of drug-likeness (QED) is 0.161. The molecule has 0 aliphatic rings. The number of carbonyl (C=O) groups excluding carboxylic acids is 1. The van der Waals surface area contributed by atoms with Gasteiger partial charge in [-0.05, 0) is 47.7 Å². The van der Waals surface area contributed by atoms with Crippen molar-refractivity contribution in [2.24, 2.45) is 5.10 Å². The van der Waals surface area contributed by atoms with Crippen LogP contribution in [0, 0.1) is 0 Å². The molecule has 0 radical (unpaired) electrons. The monoisotopic (exact) mass is 513 g/mol. The molecule has 0 aliphatic heterocycles. The van der Waals surface area contributed by atoms with Gasteiger partial charge in [-0.3, -0.25) is 4.79 Å². The molecule has 1 heterocycles. The highest BCUT2D eigenvalue weighted by atomic mass is 32.2.